The first-order valence-electron chi connectivity index (χ1n) is 11.0. The summed E-state index contributed by atoms with van der Waals surface area (Å²) in [6.07, 6.45) is 3.07. The molecule has 9 nitrogen and oxygen atoms in total. The van der Waals surface area contributed by atoms with Gasteiger partial charge >= 0.3 is 0 Å². The molecule has 3 aromatic rings. The Balaban J connectivity index is 1.57. The maximum atomic E-state index is 12.5. The predicted octanol–water partition coefficient (Wildman–Crippen LogP) is 4.70. The van der Waals surface area contributed by atoms with Gasteiger partial charge < -0.3 is 24.3 Å². The second-order valence-corrected chi connectivity index (χ2v) is 7.85. The Kier molecular flexibility index (Phi) is 9.92. The zero-order chi connectivity index (χ0) is 26.6. The van der Waals surface area contributed by atoms with Gasteiger partial charge in [-0.2, -0.15) is 5.10 Å². The quantitative estimate of drug-likeness (QED) is 0.202. The zero-order valence-electron chi connectivity index (χ0n) is 20.3. The van der Waals surface area contributed by atoms with E-state index in [4.69, 9.17) is 30.5 Å². The molecule has 0 aromatic heterocycles. The van der Waals surface area contributed by atoms with Crippen LogP contribution in [-0.2, 0) is 4.79 Å². The topological polar surface area (TPSA) is 107 Å². The standard InChI is InChI=1S/C27H26ClN3O6/c1-4-13-36-22-12-6-19(15-25(22)35-3)27(33)31-29-16-18-5-11-23(24(14-18)34-2)37-17-26(32)30-21-9-7-20(28)8-10-21/h4-12,14-16H,1,13,17H2,2-3H3,(H,30,32)(H,31,33)/b29-16+. The number of hydrogen-bond donors (Lipinski definition) is 2. The lowest BCUT2D eigenvalue weighted by atomic mass is 10.2. The number of carbonyl (C=O) groups excluding carboxylic acids is 2. The molecule has 3 aromatic carbocycles. The van der Waals surface area contributed by atoms with Crippen LogP contribution in [0, 0.1) is 0 Å². The number of hydrazone groups is 1. The Morgan fingerprint density at radius 3 is 2.30 bits per heavy atom. The third-order valence-electron chi connectivity index (χ3n) is 4.84. The van der Waals surface area contributed by atoms with Crippen molar-refractivity contribution in [3.05, 3.63) is 89.5 Å². The Morgan fingerprint density at radius 1 is 0.919 bits per heavy atom. The highest BCUT2D eigenvalue weighted by atomic mass is 35.5. The smallest absolute Gasteiger partial charge is 0.271 e. The lowest BCUT2D eigenvalue weighted by molar-refractivity contribution is -0.118. The minimum Gasteiger partial charge on any atom is -0.493 e. The number of carbonyl (C=O) groups is 2. The van der Waals surface area contributed by atoms with Crippen molar-refractivity contribution in [3.8, 4) is 23.0 Å². The molecule has 0 saturated carbocycles. The molecule has 2 N–H and O–H groups in total. The Labute approximate surface area is 219 Å². The maximum Gasteiger partial charge on any atom is 0.271 e. The number of methoxy groups -OCH3 is 2. The third-order valence-corrected chi connectivity index (χ3v) is 5.09. The van der Waals surface area contributed by atoms with Crippen LogP contribution in [0.4, 0.5) is 5.69 Å². The average molecular weight is 524 g/mol. The SMILES string of the molecule is C=CCOc1ccc(C(=O)N/N=C/c2ccc(OCC(=O)Nc3ccc(Cl)cc3)c(OC)c2)cc1OC. The molecule has 3 rings (SSSR count). The number of nitrogens with zero attached hydrogens (tertiary/aromatic N) is 1. The highest BCUT2D eigenvalue weighted by Crippen LogP contribution is 2.29. The van der Waals surface area contributed by atoms with Gasteiger partial charge in [0.25, 0.3) is 11.8 Å². The van der Waals surface area contributed by atoms with Crippen molar-refractivity contribution in [2.75, 3.05) is 32.8 Å². The summed E-state index contributed by atoms with van der Waals surface area (Å²) in [6.45, 7) is 3.70. The van der Waals surface area contributed by atoms with Gasteiger partial charge in [0.2, 0.25) is 0 Å². The van der Waals surface area contributed by atoms with E-state index in [-0.39, 0.29) is 12.5 Å². The van der Waals surface area contributed by atoms with Crippen molar-refractivity contribution in [2.24, 2.45) is 5.10 Å². The van der Waals surface area contributed by atoms with Crippen molar-refractivity contribution in [3.63, 3.8) is 0 Å². The van der Waals surface area contributed by atoms with Gasteiger partial charge in [-0.05, 0) is 66.2 Å². The summed E-state index contributed by atoms with van der Waals surface area (Å²) in [5.41, 5.74) is 4.06. The van der Waals surface area contributed by atoms with E-state index in [1.807, 2.05) is 0 Å². The number of halogens is 1. The van der Waals surface area contributed by atoms with E-state index in [1.165, 1.54) is 20.4 Å². The van der Waals surface area contributed by atoms with Gasteiger partial charge in [0.15, 0.2) is 29.6 Å². The number of nitrogens with one attached hydrogen (secondary N) is 2. The maximum absolute atomic E-state index is 12.5. The highest BCUT2D eigenvalue weighted by Gasteiger charge is 2.11. The normalized spacial score (nSPS) is 10.5. The number of anilines is 1. The molecule has 0 unspecified atom stereocenters. The van der Waals surface area contributed by atoms with Gasteiger partial charge in [0.1, 0.15) is 6.61 Å². The molecular formula is C27H26ClN3O6. The average Bonchev–Trinajstić information content (AvgIpc) is 2.92. The molecule has 0 aliphatic heterocycles. The van der Waals surface area contributed by atoms with Gasteiger partial charge in [0, 0.05) is 16.3 Å². The minimum absolute atomic E-state index is 0.219. The molecule has 0 atom stereocenters. The van der Waals surface area contributed by atoms with Gasteiger partial charge in [-0.1, -0.05) is 24.3 Å². The monoisotopic (exact) mass is 523 g/mol. The summed E-state index contributed by atoms with van der Waals surface area (Å²) < 4.78 is 21.7. The van der Waals surface area contributed by atoms with Gasteiger partial charge in [-0.25, -0.2) is 5.43 Å². The van der Waals surface area contributed by atoms with Gasteiger partial charge in [0.05, 0.1) is 20.4 Å². The first-order chi connectivity index (χ1) is 17.9. The lowest BCUT2D eigenvalue weighted by Gasteiger charge is -2.11. The van der Waals surface area contributed by atoms with Crippen molar-refractivity contribution < 1.29 is 28.5 Å². The van der Waals surface area contributed by atoms with Crippen LogP contribution in [0.25, 0.3) is 0 Å². The van der Waals surface area contributed by atoms with Crippen LogP contribution in [0.5, 0.6) is 23.0 Å². The summed E-state index contributed by atoms with van der Waals surface area (Å²) in [4.78, 5) is 24.7. The molecule has 0 aliphatic carbocycles. The molecule has 0 aliphatic rings. The number of rotatable bonds is 12. The molecular weight excluding hydrogens is 498 g/mol. The van der Waals surface area contributed by atoms with Crippen LogP contribution in [0.3, 0.4) is 0 Å². The Morgan fingerprint density at radius 2 is 1.59 bits per heavy atom. The van der Waals surface area contributed by atoms with Crippen molar-refractivity contribution in [1.82, 2.24) is 5.43 Å². The fourth-order valence-electron chi connectivity index (χ4n) is 3.06. The molecule has 0 radical (unpaired) electrons. The molecule has 10 heteroatoms. The van der Waals surface area contributed by atoms with E-state index in [1.54, 1.807) is 66.7 Å². The Bertz CT molecular complexity index is 1280. The fraction of sp³-hybridized carbons (Fsp3) is 0.148. The van der Waals surface area contributed by atoms with Crippen LogP contribution < -0.4 is 29.7 Å². The zero-order valence-corrected chi connectivity index (χ0v) is 21.1. The molecule has 0 fully saturated rings. The van der Waals surface area contributed by atoms with Crippen LogP contribution in [-0.4, -0.2) is 45.5 Å². The van der Waals surface area contributed by atoms with Gasteiger partial charge in [-0.3, -0.25) is 9.59 Å². The first kappa shape index (κ1) is 27.1. The fourth-order valence-corrected chi connectivity index (χ4v) is 3.19. The predicted molar refractivity (Wildman–Crippen MR) is 142 cm³/mol. The van der Waals surface area contributed by atoms with Crippen molar-refractivity contribution in [2.45, 2.75) is 0 Å². The summed E-state index contributed by atoms with van der Waals surface area (Å²) in [5, 5.41) is 7.29. The second-order valence-electron chi connectivity index (χ2n) is 7.42. The molecule has 2 amide bonds. The number of benzene rings is 3. The van der Waals surface area contributed by atoms with E-state index in [0.29, 0.717) is 51.4 Å². The Hall–Kier alpha value is -4.50. The molecule has 192 valence electrons. The van der Waals surface area contributed by atoms with Crippen LogP contribution in [0.2, 0.25) is 5.02 Å². The molecule has 0 saturated heterocycles. The molecule has 0 heterocycles. The number of ether oxygens (including phenoxy) is 4. The summed E-state index contributed by atoms with van der Waals surface area (Å²) >= 11 is 5.85. The van der Waals surface area contributed by atoms with Crippen LogP contribution in [0.15, 0.2) is 78.4 Å². The van der Waals surface area contributed by atoms with Crippen molar-refractivity contribution in [1.29, 1.82) is 0 Å². The summed E-state index contributed by atoms with van der Waals surface area (Å²) in [7, 11) is 2.97. The van der Waals surface area contributed by atoms with E-state index in [0.717, 1.165) is 0 Å². The van der Waals surface area contributed by atoms with E-state index >= 15 is 0 Å². The number of amides is 2. The molecule has 0 spiro atoms. The second kappa shape index (κ2) is 13.6. The first-order valence-corrected chi connectivity index (χ1v) is 11.4. The molecule has 0 bridgehead atoms. The van der Waals surface area contributed by atoms with Gasteiger partial charge in [-0.15, -0.1) is 0 Å². The van der Waals surface area contributed by atoms with E-state index < -0.39 is 5.91 Å². The summed E-state index contributed by atoms with van der Waals surface area (Å²) in [6, 6.07) is 16.6. The largest absolute Gasteiger partial charge is 0.493 e. The van der Waals surface area contributed by atoms with Crippen molar-refractivity contribution >= 4 is 35.3 Å². The summed E-state index contributed by atoms with van der Waals surface area (Å²) in [5.74, 6) is 0.924. The lowest BCUT2D eigenvalue weighted by Crippen LogP contribution is -2.20. The van der Waals surface area contributed by atoms with E-state index in [2.05, 4.69) is 22.4 Å². The van der Waals surface area contributed by atoms with E-state index in [9.17, 15) is 9.59 Å². The highest BCUT2D eigenvalue weighted by molar-refractivity contribution is 6.30. The third kappa shape index (κ3) is 8.01. The number of hydrogen-bond acceptors (Lipinski definition) is 7. The molecule has 37 heavy (non-hydrogen) atoms. The van der Waals surface area contributed by atoms with Crippen LogP contribution in [0.1, 0.15) is 15.9 Å². The van der Waals surface area contributed by atoms with Crippen LogP contribution >= 0.6 is 11.6 Å². The minimum atomic E-state index is -0.427.